The van der Waals surface area contributed by atoms with Gasteiger partial charge in [-0.25, -0.2) is 0 Å². The Balaban J connectivity index is 2.83. The van der Waals surface area contributed by atoms with Crippen LogP contribution in [0.25, 0.3) is 0 Å². The molecule has 0 bridgehead atoms. The first kappa shape index (κ1) is 16.0. The summed E-state index contributed by atoms with van der Waals surface area (Å²) in [6.07, 6.45) is 0.954. The lowest BCUT2D eigenvalue weighted by atomic mass is 9.94. The zero-order valence-corrected chi connectivity index (χ0v) is 13.1. The lowest BCUT2D eigenvalue weighted by Crippen LogP contribution is -2.41. The summed E-state index contributed by atoms with van der Waals surface area (Å²) in [7, 11) is 0. The van der Waals surface area contributed by atoms with Crippen molar-refractivity contribution in [2.24, 2.45) is 5.41 Å². The second-order valence-electron chi connectivity index (χ2n) is 5.73. The molecule has 1 rings (SSSR count). The van der Waals surface area contributed by atoms with E-state index in [1.54, 1.807) is 0 Å². The first-order chi connectivity index (χ1) is 8.90. The van der Waals surface area contributed by atoms with Crippen LogP contribution in [0.4, 0.5) is 0 Å². The molecule has 0 atom stereocenters. The summed E-state index contributed by atoms with van der Waals surface area (Å²) in [5.74, 6) is 0.477. The fourth-order valence-electron chi connectivity index (χ4n) is 1.92. The van der Waals surface area contributed by atoms with Crippen molar-refractivity contribution in [3.8, 4) is 0 Å². The van der Waals surface area contributed by atoms with Gasteiger partial charge in [0.25, 0.3) is 0 Å². The van der Waals surface area contributed by atoms with Crippen molar-refractivity contribution in [1.82, 2.24) is 4.90 Å². The number of nitrogens with zero attached hydrogens (tertiary/aromatic N) is 1. The Morgan fingerprint density at radius 1 is 1.26 bits per heavy atom. The average molecular weight is 282 g/mol. The number of aryl methyl sites for hydroxylation is 1. The van der Waals surface area contributed by atoms with Crippen LogP contribution in [0.5, 0.6) is 0 Å². The Kier molecular flexibility index (Phi) is 5.86. The topological polar surface area (TPSA) is 20.3 Å². The molecule has 1 aromatic carbocycles. The van der Waals surface area contributed by atoms with Gasteiger partial charge in [-0.05, 0) is 32.8 Å². The van der Waals surface area contributed by atoms with Crippen molar-refractivity contribution >= 4 is 17.5 Å². The Hall–Kier alpha value is -1.02. The maximum atomic E-state index is 12.5. The quantitative estimate of drug-likeness (QED) is 0.722. The standard InChI is InChI=1S/C16H24ClNO/c1-5-10-18(15(19)16(3,4)12-17)11-14-8-6-13(2)7-9-14/h6-9H,5,10-12H2,1-4H3. The highest BCUT2D eigenvalue weighted by Gasteiger charge is 2.30. The first-order valence-electron chi connectivity index (χ1n) is 6.81. The van der Waals surface area contributed by atoms with Gasteiger partial charge in [-0.15, -0.1) is 11.6 Å². The van der Waals surface area contributed by atoms with Crippen LogP contribution in [0.3, 0.4) is 0 Å². The number of amides is 1. The summed E-state index contributed by atoms with van der Waals surface area (Å²) < 4.78 is 0. The number of carbonyl (C=O) groups excluding carboxylic acids is 1. The van der Waals surface area contributed by atoms with Gasteiger partial charge in [-0.3, -0.25) is 4.79 Å². The number of hydrogen-bond acceptors (Lipinski definition) is 1. The second-order valence-corrected chi connectivity index (χ2v) is 6.00. The number of alkyl halides is 1. The number of carbonyl (C=O) groups is 1. The summed E-state index contributed by atoms with van der Waals surface area (Å²) in [6, 6.07) is 8.32. The lowest BCUT2D eigenvalue weighted by molar-refractivity contribution is -0.139. The SMILES string of the molecule is CCCN(Cc1ccc(C)cc1)C(=O)C(C)(C)CCl. The second kappa shape index (κ2) is 6.95. The molecule has 19 heavy (non-hydrogen) atoms. The molecule has 1 aromatic rings. The monoisotopic (exact) mass is 281 g/mol. The van der Waals surface area contributed by atoms with E-state index >= 15 is 0 Å². The van der Waals surface area contributed by atoms with Crippen LogP contribution in [-0.2, 0) is 11.3 Å². The predicted octanol–water partition coefficient (Wildman–Crippen LogP) is 4.00. The normalized spacial score (nSPS) is 11.4. The van der Waals surface area contributed by atoms with E-state index in [0.717, 1.165) is 18.5 Å². The van der Waals surface area contributed by atoms with E-state index in [4.69, 9.17) is 11.6 Å². The van der Waals surface area contributed by atoms with Crippen molar-refractivity contribution in [3.05, 3.63) is 35.4 Å². The van der Waals surface area contributed by atoms with Crippen LogP contribution in [0, 0.1) is 12.3 Å². The third kappa shape index (κ3) is 4.54. The van der Waals surface area contributed by atoms with Crippen LogP contribution in [0.2, 0.25) is 0 Å². The van der Waals surface area contributed by atoms with Gasteiger partial charge in [-0.1, -0.05) is 36.8 Å². The molecular formula is C16H24ClNO. The molecular weight excluding hydrogens is 258 g/mol. The van der Waals surface area contributed by atoms with Gasteiger partial charge in [0.05, 0.1) is 5.41 Å². The maximum Gasteiger partial charge on any atom is 0.229 e. The van der Waals surface area contributed by atoms with Gasteiger partial charge in [0, 0.05) is 19.0 Å². The smallest absolute Gasteiger partial charge is 0.229 e. The van der Waals surface area contributed by atoms with Gasteiger partial charge < -0.3 is 4.90 Å². The molecule has 0 saturated heterocycles. The Morgan fingerprint density at radius 3 is 2.32 bits per heavy atom. The molecule has 0 aliphatic carbocycles. The number of halogens is 1. The molecule has 0 aliphatic heterocycles. The molecule has 0 radical (unpaired) electrons. The summed E-state index contributed by atoms with van der Waals surface area (Å²) in [5, 5.41) is 0. The molecule has 0 aromatic heterocycles. The zero-order valence-electron chi connectivity index (χ0n) is 12.4. The third-order valence-corrected chi connectivity index (χ3v) is 3.86. The summed E-state index contributed by atoms with van der Waals surface area (Å²) in [4.78, 5) is 14.4. The van der Waals surface area contributed by atoms with E-state index in [2.05, 4.69) is 38.1 Å². The van der Waals surface area contributed by atoms with Gasteiger partial charge in [-0.2, -0.15) is 0 Å². The fourth-order valence-corrected chi connectivity index (χ4v) is 2.04. The largest absolute Gasteiger partial charge is 0.338 e. The Bertz CT molecular complexity index is 411. The minimum Gasteiger partial charge on any atom is -0.338 e. The average Bonchev–Trinajstić information content (AvgIpc) is 2.40. The molecule has 1 amide bonds. The van der Waals surface area contributed by atoms with Crippen LogP contribution in [-0.4, -0.2) is 23.2 Å². The van der Waals surface area contributed by atoms with Crippen LogP contribution >= 0.6 is 11.6 Å². The molecule has 3 heteroatoms. The summed E-state index contributed by atoms with van der Waals surface area (Å²) in [5.41, 5.74) is 1.90. The lowest BCUT2D eigenvalue weighted by Gasteiger charge is -2.30. The van der Waals surface area contributed by atoms with E-state index in [1.807, 2.05) is 18.7 Å². The third-order valence-electron chi connectivity index (χ3n) is 3.19. The maximum absolute atomic E-state index is 12.5. The van der Waals surface area contributed by atoms with E-state index in [-0.39, 0.29) is 5.91 Å². The van der Waals surface area contributed by atoms with E-state index in [9.17, 15) is 4.79 Å². The summed E-state index contributed by atoms with van der Waals surface area (Å²) >= 11 is 5.91. The Labute approximate surface area is 121 Å². The summed E-state index contributed by atoms with van der Waals surface area (Å²) in [6.45, 7) is 9.39. The molecule has 2 nitrogen and oxygen atoms in total. The van der Waals surface area contributed by atoms with Gasteiger partial charge in [0.2, 0.25) is 5.91 Å². The fraction of sp³-hybridized carbons (Fsp3) is 0.562. The van der Waals surface area contributed by atoms with E-state index < -0.39 is 5.41 Å². The van der Waals surface area contributed by atoms with Crippen LogP contribution in [0.15, 0.2) is 24.3 Å². The highest BCUT2D eigenvalue weighted by molar-refractivity contribution is 6.19. The van der Waals surface area contributed by atoms with E-state index in [0.29, 0.717) is 12.4 Å². The van der Waals surface area contributed by atoms with E-state index in [1.165, 1.54) is 5.56 Å². The minimum absolute atomic E-state index is 0.130. The van der Waals surface area contributed by atoms with Gasteiger partial charge >= 0.3 is 0 Å². The molecule has 0 heterocycles. The van der Waals surface area contributed by atoms with Crippen LogP contribution in [0.1, 0.15) is 38.3 Å². The van der Waals surface area contributed by atoms with Crippen molar-refractivity contribution in [2.45, 2.75) is 40.7 Å². The zero-order chi connectivity index (χ0) is 14.5. The number of rotatable bonds is 6. The number of benzene rings is 1. The van der Waals surface area contributed by atoms with Crippen molar-refractivity contribution in [3.63, 3.8) is 0 Å². The highest BCUT2D eigenvalue weighted by atomic mass is 35.5. The highest BCUT2D eigenvalue weighted by Crippen LogP contribution is 2.22. The number of hydrogen-bond donors (Lipinski definition) is 0. The molecule has 106 valence electrons. The predicted molar refractivity (Wildman–Crippen MR) is 81.4 cm³/mol. The minimum atomic E-state index is -0.499. The van der Waals surface area contributed by atoms with Crippen molar-refractivity contribution in [2.75, 3.05) is 12.4 Å². The van der Waals surface area contributed by atoms with Gasteiger partial charge in [0.15, 0.2) is 0 Å². The molecule has 0 N–H and O–H groups in total. The molecule has 0 aliphatic rings. The van der Waals surface area contributed by atoms with Crippen molar-refractivity contribution < 1.29 is 4.79 Å². The molecule has 0 saturated carbocycles. The molecule has 0 spiro atoms. The molecule has 0 unspecified atom stereocenters. The van der Waals surface area contributed by atoms with Gasteiger partial charge in [0.1, 0.15) is 0 Å². The Morgan fingerprint density at radius 2 is 1.84 bits per heavy atom. The van der Waals surface area contributed by atoms with Crippen LogP contribution < -0.4 is 0 Å². The van der Waals surface area contributed by atoms with Crippen molar-refractivity contribution in [1.29, 1.82) is 0 Å². The first-order valence-corrected chi connectivity index (χ1v) is 7.35. The molecule has 0 fully saturated rings.